The fourth-order valence-corrected chi connectivity index (χ4v) is 18.7. The average molecular weight is 1320 g/mol. The number of benzene rings is 2. The zero-order valence-electron chi connectivity index (χ0n) is 49.4. The van der Waals surface area contributed by atoms with Crippen LogP contribution in [0.5, 0.6) is 0 Å². The highest BCUT2D eigenvalue weighted by molar-refractivity contribution is 8.00. The highest BCUT2D eigenvalue weighted by Crippen LogP contribution is 2.62. The lowest BCUT2D eigenvalue weighted by Crippen LogP contribution is -2.52. The third kappa shape index (κ3) is 11.9. The van der Waals surface area contributed by atoms with E-state index in [0.717, 1.165) is 148 Å². The van der Waals surface area contributed by atoms with Gasteiger partial charge in [-0.2, -0.15) is 0 Å². The van der Waals surface area contributed by atoms with Crippen molar-refractivity contribution in [2.75, 3.05) is 102 Å². The fourth-order valence-electron chi connectivity index (χ4n) is 15.6. The number of nitrogens with zero attached hydrogens (tertiary/aromatic N) is 11. The minimum absolute atomic E-state index is 0.0809. The fraction of sp³-hybridized carbons (Fsp3) is 0.508. The molecule has 0 bridgehead atoms. The average Bonchev–Trinajstić information content (AvgIpc) is 1.60. The number of hydrogen-bond donors (Lipinski definition) is 9. The summed E-state index contributed by atoms with van der Waals surface area (Å²) in [5.74, 6) is 6.24. The van der Waals surface area contributed by atoms with Gasteiger partial charge in [0.2, 0.25) is 5.91 Å². The van der Waals surface area contributed by atoms with Crippen LogP contribution in [0.4, 0.5) is 52.1 Å². The van der Waals surface area contributed by atoms with Crippen molar-refractivity contribution in [3.63, 3.8) is 0 Å². The highest BCUT2D eigenvalue weighted by atomic mass is 35.5. The molecule has 6 aliphatic heterocycles. The lowest BCUT2D eigenvalue weighted by atomic mass is 9.72. The summed E-state index contributed by atoms with van der Waals surface area (Å²) in [5.41, 5.74) is 57.2. The Morgan fingerprint density at radius 2 is 1.00 bits per heavy atom. The molecule has 22 nitrogen and oxygen atoms in total. The molecule has 6 saturated heterocycles. The van der Waals surface area contributed by atoms with Gasteiger partial charge >= 0.3 is 0 Å². The quantitative estimate of drug-likeness (QED) is 0.0614. The molecule has 8 unspecified atom stereocenters. The van der Waals surface area contributed by atoms with Crippen molar-refractivity contribution in [1.82, 2.24) is 39.8 Å². The van der Waals surface area contributed by atoms with Gasteiger partial charge in [0, 0.05) is 103 Å². The molecular formula is C61H77Cl3N20O2S3. The number of fused-ring (bicyclic) bond motifs is 3. The maximum absolute atomic E-state index is 13.1. The normalized spacial score (nSPS) is 26.7. The maximum Gasteiger partial charge on any atom is 0.230 e. The van der Waals surface area contributed by atoms with Crippen LogP contribution in [-0.4, -0.2) is 128 Å². The van der Waals surface area contributed by atoms with Crippen molar-refractivity contribution in [2.45, 2.75) is 137 Å². The molecule has 0 radical (unpaired) electrons. The minimum atomic E-state index is -0.430. The summed E-state index contributed by atoms with van der Waals surface area (Å²) < 4.78 is 5.93. The molecule has 28 heteroatoms. The van der Waals surface area contributed by atoms with Crippen LogP contribution in [0.2, 0.25) is 15.1 Å². The van der Waals surface area contributed by atoms with Crippen molar-refractivity contribution < 1.29 is 9.53 Å². The first kappa shape index (κ1) is 62.1. The van der Waals surface area contributed by atoms with Gasteiger partial charge in [0.25, 0.3) is 0 Å². The maximum atomic E-state index is 13.1. The molecule has 3 aliphatic carbocycles. The van der Waals surface area contributed by atoms with E-state index in [1.807, 2.05) is 29.2 Å². The summed E-state index contributed by atoms with van der Waals surface area (Å²) in [4.78, 5) is 55.5. The number of carbonyl (C=O) groups excluding carboxylic acids is 1. The lowest BCUT2D eigenvalue weighted by Gasteiger charge is -2.43. The molecule has 2 aromatic carbocycles. The van der Waals surface area contributed by atoms with Gasteiger partial charge in [0.15, 0.2) is 17.5 Å². The number of carbonyl (C=O) groups is 1. The third-order valence-electron chi connectivity index (χ3n) is 20.8. The molecular weight excluding hydrogens is 1250 g/mol. The molecule has 89 heavy (non-hydrogen) atoms. The number of nitrogens with two attached hydrogens (primary N) is 9. The van der Waals surface area contributed by atoms with Gasteiger partial charge in [-0.05, 0) is 130 Å². The first-order valence-electron chi connectivity index (χ1n) is 30.7. The highest BCUT2D eigenvalue weighted by Gasteiger charge is 2.61. The third-order valence-corrected chi connectivity index (χ3v) is 25.6. The predicted octanol–water partition coefficient (Wildman–Crippen LogP) is 8.33. The molecule has 1 amide bonds. The van der Waals surface area contributed by atoms with E-state index < -0.39 is 5.41 Å². The Morgan fingerprint density at radius 3 is 1.46 bits per heavy atom. The van der Waals surface area contributed by atoms with Gasteiger partial charge in [-0.15, -0.1) is 0 Å². The molecule has 10 heterocycles. The number of amides is 1. The molecule has 6 aromatic rings. The van der Waals surface area contributed by atoms with Crippen molar-refractivity contribution >= 4 is 128 Å². The largest absolute Gasteiger partial charge is 0.397 e. The number of ether oxygens (including phenoxy) is 1. The number of rotatable bonds is 9. The number of piperidine rings is 3. The minimum Gasteiger partial charge on any atom is -0.397 e. The molecule has 4 aromatic heterocycles. The van der Waals surface area contributed by atoms with E-state index in [1.54, 1.807) is 43.0 Å². The smallest absolute Gasteiger partial charge is 0.230 e. The molecule has 15 rings (SSSR count). The van der Waals surface area contributed by atoms with E-state index >= 15 is 0 Å². The number of pyridine rings is 1. The Hall–Kier alpha value is -5.74. The van der Waals surface area contributed by atoms with Gasteiger partial charge in [-0.25, -0.2) is 34.9 Å². The SMILES string of the molecule is Nc1cccc(Sc2ncc(N3CCC4(CC3)C(=O)N3CCCC3C4N)nc2N)c1Cl.Nc1cccc(Sc2ncc(N3CCC4(CC3)CC3OCCC3C4N)nc2N)c1Cl.Nc1nc(N2CCC3(CC2)CC2CC2C3N)cnc1Sc1ccnc(N)c1Cl. The van der Waals surface area contributed by atoms with Crippen LogP contribution in [0.1, 0.15) is 77.0 Å². The predicted molar refractivity (Wildman–Crippen MR) is 356 cm³/mol. The Bertz CT molecular complexity index is 3630. The van der Waals surface area contributed by atoms with Crippen molar-refractivity contribution in [3.8, 4) is 0 Å². The van der Waals surface area contributed by atoms with E-state index in [2.05, 4.69) is 49.6 Å². The molecule has 3 spiro atoms. The van der Waals surface area contributed by atoms with Crippen LogP contribution in [-0.2, 0) is 9.53 Å². The van der Waals surface area contributed by atoms with E-state index in [0.29, 0.717) is 101 Å². The summed E-state index contributed by atoms with van der Waals surface area (Å²) in [6, 6.07) is 13.5. The number of anilines is 9. The number of aromatic nitrogens is 7. The Balaban J connectivity index is 0.000000123. The topological polar surface area (TPSA) is 364 Å². The zero-order chi connectivity index (χ0) is 62.1. The number of halogens is 3. The van der Waals surface area contributed by atoms with Crippen LogP contribution in [0.25, 0.3) is 0 Å². The second-order valence-electron chi connectivity index (χ2n) is 25.4. The van der Waals surface area contributed by atoms with Gasteiger partial charge < -0.3 is 75.9 Å². The van der Waals surface area contributed by atoms with Crippen LogP contribution in [0.3, 0.4) is 0 Å². The van der Waals surface area contributed by atoms with Crippen LogP contribution < -0.4 is 66.3 Å². The second-order valence-corrected chi connectivity index (χ2v) is 29.7. The first-order chi connectivity index (χ1) is 42.8. The number of hydrogen-bond acceptors (Lipinski definition) is 24. The van der Waals surface area contributed by atoms with Crippen LogP contribution >= 0.6 is 70.1 Å². The monoisotopic (exact) mass is 1320 g/mol. The number of nitrogen functional groups attached to an aromatic ring is 6. The van der Waals surface area contributed by atoms with E-state index in [4.69, 9.17) is 91.1 Å². The van der Waals surface area contributed by atoms with Crippen molar-refractivity contribution in [3.05, 3.63) is 82.3 Å². The van der Waals surface area contributed by atoms with E-state index in [1.165, 1.54) is 48.1 Å². The molecule has 8 atom stereocenters. The van der Waals surface area contributed by atoms with E-state index in [9.17, 15) is 4.79 Å². The van der Waals surface area contributed by atoms with Crippen LogP contribution in [0.15, 0.2) is 97.0 Å². The van der Waals surface area contributed by atoms with Gasteiger partial charge in [-0.3, -0.25) is 4.79 Å². The summed E-state index contributed by atoms with van der Waals surface area (Å²) >= 11 is 22.9. The molecule has 472 valence electrons. The Kier molecular flexibility index (Phi) is 17.5. The van der Waals surface area contributed by atoms with Crippen LogP contribution in [0, 0.1) is 34.0 Å². The van der Waals surface area contributed by atoms with Gasteiger partial charge in [-0.1, -0.05) is 82.2 Å². The van der Waals surface area contributed by atoms with Gasteiger partial charge in [0.1, 0.15) is 38.3 Å². The van der Waals surface area contributed by atoms with Crippen molar-refractivity contribution in [1.29, 1.82) is 0 Å². The summed E-state index contributed by atoms with van der Waals surface area (Å²) in [5, 5.41) is 3.22. The van der Waals surface area contributed by atoms with Gasteiger partial charge in [0.05, 0.1) is 56.6 Å². The Morgan fingerprint density at radius 1 is 0.528 bits per heavy atom. The Labute approximate surface area is 546 Å². The molecule has 18 N–H and O–H groups in total. The second kappa shape index (κ2) is 25.0. The molecule has 9 fully saturated rings. The summed E-state index contributed by atoms with van der Waals surface area (Å²) in [6.45, 7) is 6.87. The molecule has 9 aliphatic rings. The van der Waals surface area contributed by atoms with Crippen molar-refractivity contribution in [2.24, 2.45) is 51.2 Å². The zero-order valence-corrected chi connectivity index (χ0v) is 54.1. The molecule has 3 saturated carbocycles. The summed E-state index contributed by atoms with van der Waals surface area (Å²) in [7, 11) is 0. The van der Waals surface area contributed by atoms with E-state index in [-0.39, 0.29) is 29.4 Å². The standard InChI is InChI=1S/C21H26ClN7OS.C21H27ClN6OS.C19H24ClN7S/c22-16-12(23)3-1-5-14(16)31-19-18(25)27-15(11-26-19)28-9-6-21(7-10-28)17(24)13-4-2-8-29(13)20(21)30;22-17-13(23)2-1-3-15(17)30-20-19(25)27-16(11-26-20)28-7-5-21(6-8-28)10-14-12(18(21)24)4-9-29-14;20-14-12(1-4-24-16(14)22)28-18-17(23)26-13(9-25-18)27-5-2-19(3-6-27)8-10-7-11(10)15(19)21/h1,3,5,11,13,17H,2,4,6-10,23-24H2,(H2,25,27);1-3,11-12,14,18H,4-10,23-24H2,(H2,25,27);1,4,9-11,15H,2-3,5-8,21H2,(H2,22,24)(H2,23,26). The summed E-state index contributed by atoms with van der Waals surface area (Å²) in [6.07, 6.45) is 20.1. The lowest BCUT2D eigenvalue weighted by molar-refractivity contribution is -0.137. The first-order valence-corrected chi connectivity index (χ1v) is 34.3.